The van der Waals surface area contributed by atoms with Gasteiger partial charge in [0.15, 0.2) is 5.76 Å². The fourth-order valence-corrected chi connectivity index (χ4v) is 5.10. The number of piperidine rings is 1. The minimum Gasteiger partial charge on any atom is -0.459 e. The molecule has 0 bridgehead atoms. The molecule has 0 aromatic heterocycles. The minimum absolute atomic E-state index is 0.0350. The van der Waals surface area contributed by atoms with E-state index in [0.717, 1.165) is 12.1 Å². The summed E-state index contributed by atoms with van der Waals surface area (Å²) in [6, 6.07) is 9.96. The number of benzene rings is 1. The fourth-order valence-electron chi connectivity index (χ4n) is 5.10. The molecule has 3 heterocycles. The van der Waals surface area contributed by atoms with Gasteiger partial charge in [0.1, 0.15) is 5.54 Å². The van der Waals surface area contributed by atoms with Gasteiger partial charge in [-0.1, -0.05) is 32.0 Å². The molecule has 8 heteroatoms. The summed E-state index contributed by atoms with van der Waals surface area (Å²) in [6.45, 7) is 6.38. The van der Waals surface area contributed by atoms with Crippen molar-refractivity contribution in [3.05, 3.63) is 42.2 Å². The lowest BCUT2D eigenvalue weighted by molar-refractivity contribution is -0.157. The summed E-state index contributed by atoms with van der Waals surface area (Å²) in [4.78, 5) is 30.2. The Bertz CT molecular complexity index is 880. The van der Waals surface area contributed by atoms with Crippen LogP contribution in [-0.2, 0) is 19.1 Å². The Balaban J connectivity index is 1.42. The monoisotopic (exact) mass is 471 g/mol. The van der Waals surface area contributed by atoms with Crippen molar-refractivity contribution < 1.29 is 24.2 Å². The maximum absolute atomic E-state index is 13.4. The Morgan fingerprint density at radius 3 is 2.65 bits per heavy atom. The van der Waals surface area contributed by atoms with Crippen LogP contribution in [0.3, 0.4) is 0 Å². The number of amides is 2. The second-order valence-corrected chi connectivity index (χ2v) is 9.77. The van der Waals surface area contributed by atoms with E-state index in [1.54, 1.807) is 4.90 Å². The lowest BCUT2D eigenvalue weighted by Gasteiger charge is -2.43. The number of carbonyl (C=O) groups is 2. The molecule has 1 spiro atoms. The third kappa shape index (κ3) is 5.08. The highest BCUT2D eigenvalue weighted by Gasteiger charge is 2.51. The van der Waals surface area contributed by atoms with E-state index in [-0.39, 0.29) is 24.3 Å². The van der Waals surface area contributed by atoms with E-state index in [0.29, 0.717) is 63.7 Å². The van der Waals surface area contributed by atoms with Gasteiger partial charge in [-0.2, -0.15) is 0 Å². The average molecular weight is 472 g/mol. The molecule has 0 unspecified atom stereocenters. The van der Waals surface area contributed by atoms with Crippen LogP contribution in [0.5, 0.6) is 0 Å². The number of nitrogens with one attached hydrogen (secondary N) is 1. The van der Waals surface area contributed by atoms with Crippen molar-refractivity contribution in [1.29, 1.82) is 0 Å². The fraction of sp³-hybridized carbons (Fsp3) is 0.615. The zero-order valence-corrected chi connectivity index (χ0v) is 20.2. The largest absolute Gasteiger partial charge is 0.459 e. The molecule has 2 amide bonds. The highest BCUT2D eigenvalue weighted by molar-refractivity contribution is 5.95. The average Bonchev–Trinajstić information content (AvgIpc) is 3.17. The van der Waals surface area contributed by atoms with Crippen molar-refractivity contribution in [2.75, 3.05) is 37.9 Å². The van der Waals surface area contributed by atoms with Gasteiger partial charge in [-0.25, -0.2) is 0 Å². The Hall–Kier alpha value is -2.58. The van der Waals surface area contributed by atoms with Crippen LogP contribution in [0.2, 0.25) is 0 Å². The number of aliphatic hydroxyl groups is 1. The van der Waals surface area contributed by atoms with Gasteiger partial charge in [0.05, 0.1) is 13.3 Å². The molecule has 1 aromatic carbocycles. The van der Waals surface area contributed by atoms with Crippen molar-refractivity contribution in [2.24, 2.45) is 11.8 Å². The van der Waals surface area contributed by atoms with Crippen LogP contribution in [-0.4, -0.2) is 66.6 Å². The number of para-hydroxylation sites is 1. The van der Waals surface area contributed by atoms with Crippen LogP contribution in [0, 0.1) is 11.8 Å². The number of unbranched alkanes of at least 4 members (excludes halogenated alkanes) is 1. The van der Waals surface area contributed by atoms with E-state index in [4.69, 9.17) is 14.6 Å². The quantitative estimate of drug-likeness (QED) is 0.567. The van der Waals surface area contributed by atoms with Crippen molar-refractivity contribution in [3.8, 4) is 0 Å². The van der Waals surface area contributed by atoms with E-state index in [2.05, 4.69) is 24.1 Å². The molecule has 34 heavy (non-hydrogen) atoms. The predicted molar refractivity (Wildman–Crippen MR) is 129 cm³/mol. The molecule has 0 aliphatic carbocycles. The first-order chi connectivity index (χ1) is 16.4. The smallest absolute Gasteiger partial charge is 0.288 e. The number of hydrogen-bond acceptors (Lipinski definition) is 6. The maximum atomic E-state index is 13.4. The van der Waals surface area contributed by atoms with Gasteiger partial charge in [0, 0.05) is 31.8 Å². The standard InChI is InChI=1S/C26H37N3O5/c1-19(2)20-16-22(34-23(17-20)33-15-7-6-14-30)24(31)28-12-10-26(11-13-28)25(32)27-18-29(26)21-8-4-3-5-9-21/h3-5,8-9,16,19-20,23,30H,6-7,10-15,17-18H2,1-2H3,(H,27,32)/t20-,23+/m0/s1. The molecular formula is C26H37N3O5. The molecule has 2 fully saturated rings. The number of anilines is 1. The highest BCUT2D eigenvalue weighted by atomic mass is 16.7. The van der Waals surface area contributed by atoms with E-state index >= 15 is 0 Å². The molecule has 2 saturated heterocycles. The first kappa shape index (κ1) is 24.5. The number of aliphatic hydroxyl groups excluding tert-OH is 1. The van der Waals surface area contributed by atoms with E-state index in [9.17, 15) is 9.59 Å². The van der Waals surface area contributed by atoms with Crippen LogP contribution >= 0.6 is 0 Å². The number of hydrogen-bond donors (Lipinski definition) is 2. The molecular weight excluding hydrogens is 434 g/mol. The number of ether oxygens (including phenoxy) is 2. The zero-order chi connectivity index (χ0) is 24.1. The molecule has 8 nitrogen and oxygen atoms in total. The molecule has 3 aliphatic rings. The first-order valence-corrected chi connectivity index (χ1v) is 12.5. The van der Waals surface area contributed by atoms with Crippen LogP contribution < -0.4 is 10.2 Å². The molecule has 0 saturated carbocycles. The second kappa shape index (κ2) is 10.8. The van der Waals surface area contributed by atoms with Crippen LogP contribution in [0.4, 0.5) is 5.69 Å². The third-order valence-electron chi connectivity index (χ3n) is 7.29. The van der Waals surface area contributed by atoms with E-state index in [1.165, 1.54) is 0 Å². The highest BCUT2D eigenvalue weighted by Crippen LogP contribution is 2.37. The summed E-state index contributed by atoms with van der Waals surface area (Å²) in [6.07, 6.45) is 4.78. The number of likely N-dealkylation sites (tertiary alicyclic amines) is 1. The lowest BCUT2D eigenvalue weighted by Crippen LogP contribution is -2.57. The number of allylic oxidation sites excluding steroid dienone is 1. The Kier molecular flexibility index (Phi) is 7.78. The molecule has 186 valence electrons. The van der Waals surface area contributed by atoms with Crippen molar-refractivity contribution in [1.82, 2.24) is 10.2 Å². The van der Waals surface area contributed by atoms with Crippen molar-refractivity contribution in [2.45, 2.75) is 57.8 Å². The van der Waals surface area contributed by atoms with Crippen LogP contribution in [0.25, 0.3) is 0 Å². The minimum atomic E-state index is -0.626. The van der Waals surface area contributed by atoms with Crippen molar-refractivity contribution >= 4 is 17.5 Å². The summed E-state index contributed by atoms with van der Waals surface area (Å²) in [5.41, 5.74) is 0.388. The molecule has 4 rings (SSSR count). The van der Waals surface area contributed by atoms with Gasteiger partial charge in [-0.3, -0.25) is 9.59 Å². The topological polar surface area (TPSA) is 91.3 Å². The van der Waals surface area contributed by atoms with Gasteiger partial charge in [-0.05, 0) is 55.7 Å². The van der Waals surface area contributed by atoms with E-state index < -0.39 is 11.8 Å². The molecule has 2 N–H and O–H groups in total. The molecule has 0 radical (unpaired) electrons. The van der Waals surface area contributed by atoms with Gasteiger partial charge in [0.25, 0.3) is 5.91 Å². The van der Waals surface area contributed by atoms with Crippen LogP contribution in [0.1, 0.15) is 46.0 Å². The summed E-state index contributed by atoms with van der Waals surface area (Å²) in [5.74, 6) is 0.813. The zero-order valence-electron chi connectivity index (χ0n) is 20.2. The number of nitrogens with zero attached hydrogens (tertiary/aromatic N) is 2. The lowest BCUT2D eigenvalue weighted by atomic mass is 9.85. The Morgan fingerprint density at radius 1 is 1.24 bits per heavy atom. The van der Waals surface area contributed by atoms with E-state index in [1.807, 2.05) is 36.4 Å². The van der Waals surface area contributed by atoms with Crippen molar-refractivity contribution in [3.63, 3.8) is 0 Å². The van der Waals surface area contributed by atoms with Gasteiger partial charge in [0.2, 0.25) is 12.2 Å². The second-order valence-electron chi connectivity index (χ2n) is 9.77. The number of rotatable bonds is 8. The SMILES string of the molecule is CC(C)[C@H]1C=C(C(=O)N2CCC3(CC2)C(=O)NCN3c2ccccc2)O[C@@H](OCCCCO)C1. The molecule has 2 atom stereocenters. The molecule has 1 aromatic rings. The third-order valence-corrected chi connectivity index (χ3v) is 7.29. The number of carbonyl (C=O) groups excluding carboxylic acids is 2. The summed E-state index contributed by atoms with van der Waals surface area (Å²) in [7, 11) is 0. The van der Waals surface area contributed by atoms with Gasteiger partial charge >= 0.3 is 0 Å². The summed E-state index contributed by atoms with van der Waals surface area (Å²) >= 11 is 0. The summed E-state index contributed by atoms with van der Waals surface area (Å²) in [5, 5.41) is 12.0. The first-order valence-electron chi connectivity index (χ1n) is 12.5. The Labute approximate surface area is 201 Å². The molecule has 3 aliphatic heterocycles. The van der Waals surface area contributed by atoms with Gasteiger partial charge in [-0.15, -0.1) is 0 Å². The maximum Gasteiger partial charge on any atom is 0.288 e. The normalized spacial score (nSPS) is 24.2. The van der Waals surface area contributed by atoms with Crippen LogP contribution in [0.15, 0.2) is 42.2 Å². The van der Waals surface area contributed by atoms with Gasteiger partial charge < -0.3 is 29.7 Å². The predicted octanol–water partition coefficient (Wildman–Crippen LogP) is 2.63. The summed E-state index contributed by atoms with van der Waals surface area (Å²) < 4.78 is 11.9. The Morgan fingerprint density at radius 2 is 1.97 bits per heavy atom.